The van der Waals surface area contributed by atoms with Gasteiger partial charge in [-0.2, -0.15) is 0 Å². The monoisotopic (exact) mass is 422 g/mol. The van der Waals surface area contributed by atoms with E-state index in [0.717, 1.165) is 5.56 Å². The molecule has 7 nitrogen and oxygen atoms in total. The average molecular weight is 423 g/mol. The minimum Gasteiger partial charge on any atom is -0.395 e. The first-order chi connectivity index (χ1) is 15.0. The molecular weight excluding hydrogens is 392 g/mol. The zero-order chi connectivity index (χ0) is 21.8. The van der Waals surface area contributed by atoms with E-state index in [1.54, 1.807) is 11.1 Å². The summed E-state index contributed by atoms with van der Waals surface area (Å²) in [7, 11) is 0. The number of hydrogen-bond acceptors (Lipinski definition) is 5. The Morgan fingerprint density at radius 3 is 2.42 bits per heavy atom. The Kier molecular flexibility index (Phi) is 6.34. The molecule has 4 rings (SSSR count). The van der Waals surface area contributed by atoms with Crippen molar-refractivity contribution in [2.45, 2.75) is 44.3 Å². The molecule has 1 unspecified atom stereocenters. The summed E-state index contributed by atoms with van der Waals surface area (Å²) in [6, 6.07) is 15.4. The van der Waals surface area contributed by atoms with Crippen molar-refractivity contribution in [1.82, 2.24) is 19.7 Å². The molecule has 1 spiro atoms. The number of pyridine rings is 1. The van der Waals surface area contributed by atoms with Crippen molar-refractivity contribution in [3.05, 3.63) is 66.0 Å². The van der Waals surface area contributed by atoms with Crippen LogP contribution in [0.3, 0.4) is 0 Å². The fourth-order valence-corrected chi connectivity index (χ4v) is 4.70. The number of amides is 3. The van der Waals surface area contributed by atoms with Crippen LogP contribution in [0, 0.1) is 0 Å². The molecule has 7 heteroatoms. The molecule has 2 aromatic rings. The Balaban J connectivity index is 1.57. The molecule has 2 fully saturated rings. The lowest BCUT2D eigenvalue weighted by Crippen LogP contribution is -2.58. The van der Waals surface area contributed by atoms with Crippen LogP contribution in [0.1, 0.15) is 31.0 Å². The maximum Gasteiger partial charge on any atom is 0.328 e. The fourth-order valence-electron chi connectivity index (χ4n) is 4.70. The van der Waals surface area contributed by atoms with E-state index in [-0.39, 0.29) is 31.1 Å². The Labute approximate surface area is 183 Å². The van der Waals surface area contributed by atoms with Crippen LogP contribution in [-0.2, 0) is 17.8 Å². The average Bonchev–Trinajstić information content (AvgIpc) is 3.00. The van der Waals surface area contributed by atoms with Crippen molar-refractivity contribution in [1.29, 1.82) is 0 Å². The second-order valence-electron chi connectivity index (χ2n) is 8.48. The number of piperidine rings is 1. The lowest BCUT2D eigenvalue weighted by atomic mass is 9.85. The van der Waals surface area contributed by atoms with Crippen LogP contribution >= 0.6 is 0 Å². The predicted molar refractivity (Wildman–Crippen MR) is 117 cm³/mol. The van der Waals surface area contributed by atoms with Gasteiger partial charge in [0.15, 0.2) is 0 Å². The number of aromatic nitrogens is 1. The van der Waals surface area contributed by atoms with Gasteiger partial charge in [-0.15, -0.1) is 0 Å². The number of aliphatic hydroxyl groups excluding tert-OH is 1. The Morgan fingerprint density at radius 2 is 1.77 bits per heavy atom. The molecule has 2 aliphatic heterocycles. The van der Waals surface area contributed by atoms with Crippen LogP contribution in [-0.4, -0.2) is 74.6 Å². The van der Waals surface area contributed by atoms with Gasteiger partial charge in [0, 0.05) is 31.9 Å². The Bertz CT molecular complexity index is 898. The largest absolute Gasteiger partial charge is 0.395 e. The van der Waals surface area contributed by atoms with Crippen LogP contribution in [0.15, 0.2) is 54.7 Å². The van der Waals surface area contributed by atoms with Crippen molar-refractivity contribution >= 4 is 11.9 Å². The number of hydrogen-bond donors (Lipinski definition) is 1. The summed E-state index contributed by atoms with van der Waals surface area (Å²) in [5.74, 6) is -0.118. The summed E-state index contributed by atoms with van der Waals surface area (Å²) in [6.07, 6.45) is 3.54. The van der Waals surface area contributed by atoms with Gasteiger partial charge in [0.05, 0.1) is 18.8 Å². The van der Waals surface area contributed by atoms with Gasteiger partial charge in [-0.05, 0) is 43.9 Å². The van der Waals surface area contributed by atoms with Crippen LogP contribution in [0.2, 0.25) is 0 Å². The van der Waals surface area contributed by atoms with Gasteiger partial charge in [-0.1, -0.05) is 36.4 Å². The molecule has 1 aromatic heterocycles. The molecule has 1 aromatic carbocycles. The zero-order valence-corrected chi connectivity index (χ0v) is 18.0. The third-order valence-corrected chi connectivity index (χ3v) is 6.65. The van der Waals surface area contributed by atoms with E-state index in [4.69, 9.17) is 0 Å². The number of urea groups is 1. The van der Waals surface area contributed by atoms with Gasteiger partial charge < -0.3 is 10.0 Å². The first kappa shape index (κ1) is 21.5. The second-order valence-corrected chi connectivity index (χ2v) is 8.48. The van der Waals surface area contributed by atoms with Crippen LogP contribution in [0.5, 0.6) is 0 Å². The minimum absolute atomic E-state index is 0.0481. The van der Waals surface area contributed by atoms with Crippen LogP contribution in [0.25, 0.3) is 0 Å². The topological polar surface area (TPSA) is 77.0 Å². The third-order valence-electron chi connectivity index (χ3n) is 6.65. The zero-order valence-electron chi connectivity index (χ0n) is 18.0. The maximum absolute atomic E-state index is 13.6. The van der Waals surface area contributed by atoms with E-state index in [1.807, 2.05) is 55.5 Å². The van der Waals surface area contributed by atoms with Crippen LogP contribution < -0.4 is 0 Å². The molecule has 3 heterocycles. The van der Waals surface area contributed by atoms with E-state index in [9.17, 15) is 14.7 Å². The summed E-state index contributed by atoms with van der Waals surface area (Å²) < 4.78 is 0. The SMILES string of the molecule is CC(CO)N1CCC2(CC1)C(=O)N(Cc1ccccn1)C(=O)N2CCc1ccccc1. The number of carbonyl (C=O) groups excluding carboxylic acids is 2. The first-order valence-electron chi connectivity index (χ1n) is 11.0. The predicted octanol–water partition coefficient (Wildman–Crippen LogP) is 2.30. The smallest absolute Gasteiger partial charge is 0.328 e. The molecule has 1 N–H and O–H groups in total. The molecule has 0 saturated carbocycles. The quantitative estimate of drug-likeness (QED) is 0.693. The van der Waals surface area contributed by atoms with E-state index in [2.05, 4.69) is 9.88 Å². The van der Waals surface area contributed by atoms with E-state index < -0.39 is 5.54 Å². The highest BCUT2D eigenvalue weighted by molar-refractivity contribution is 6.07. The van der Waals surface area contributed by atoms with E-state index in [1.165, 1.54) is 4.90 Å². The molecular formula is C24H30N4O3. The van der Waals surface area contributed by atoms with Gasteiger partial charge >= 0.3 is 6.03 Å². The fraction of sp³-hybridized carbons (Fsp3) is 0.458. The van der Waals surface area contributed by atoms with Gasteiger partial charge in [0.2, 0.25) is 0 Å². The molecule has 2 saturated heterocycles. The lowest BCUT2D eigenvalue weighted by molar-refractivity contribution is -0.136. The molecule has 164 valence electrons. The number of imide groups is 1. The van der Waals surface area contributed by atoms with Crippen molar-refractivity contribution < 1.29 is 14.7 Å². The number of nitrogens with zero attached hydrogens (tertiary/aromatic N) is 4. The highest BCUT2D eigenvalue weighted by atomic mass is 16.3. The summed E-state index contributed by atoms with van der Waals surface area (Å²) in [6.45, 7) is 4.13. The maximum atomic E-state index is 13.6. The molecule has 2 aliphatic rings. The third kappa shape index (κ3) is 4.20. The molecule has 0 radical (unpaired) electrons. The van der Waals surface area contributed by atoms with Crippen molar-refractivity contribution in [3.8, 4) is 0 Å². The standard InChI is InChI=1S/C24H30N4O3/c1-19(18-29)26-15-11-24(12-16-26)22(30)27(17-21-9-5-6-13-25-21)23(31)28(24)14-10-20-7-3-2-4-8-20/h2-9,13,19,29H,10-12,14-18H2,1H3. The first-order valence-corrected chi connectivity index (χ1v) is 11.0. The van der Waals surface area contributed by atoms with Gasteiger partial charge in [-0.3, -0.25) is 19.6 Å². The normalized spacial score (nSPS) is 19.9. The van der Waals surface area contributed by atoms with Gasteiger partial charge in [-0.25, -0.2) is 4.79 Å². The summed E-state index contributed by atoms with van der Waals surface area (Å²) >= 11 is 0. The molecule has 0 aliphatic carbocycles. The number of likely N-dealkylation sites (tertiary alicyclic amines) is 1. The Morgan fingerprint density at radius 1 is 1.06 bits per heavy atom. The van der Waals surface area contributed by atoms with Gasteiger partial charge in [0.1, 0.15) is 5.54 Å². The van der Waals surface area contributed by atoms with E-state index >= 15 is 0 Å². The van der Waals surface area contributed by atoms with Gasteiger partial charge in [0.25, 0.3) is 5.91 Å². The summed E-state index contributed by atoms with van der Waals surface area (Å²) in [5, 5.41) is 9.52. The highest BCUT2D eigenvalue weighted by Crippen LogP contribution is 2.38. The molecule has 0 bridgehead atoms. The number of benzene rings is 1. The van der Waals surface area contributed by atoms with Crippen molar-refractivity contribution in [2.75, 3.05) is 26.2 Å². The van der Waals surface area contributed by atoms with Crippen molar-refractivity contribution in [3.63, 3.8) is 0 Å². The second kappa shape index (κ2) is 9.16. The number of rotatable bonds is 7. The molecule has 3 amide bonds. The summed E-state index contributed by atoms with van der Waals surface area (Å²) in [5.41, 5.74) is 1.04. The number of carbonyl (C=O) groups is 2. The van der Waals surface area contributed by atoms with Crippen molar-refractivity contribution in [2.24, 2.45) is 0 Å². The lowest BCUT2D eigenvalue weighted by Gasteiger charge is -2.43. The molecule has 31 heavy (non-hydrogen) atoms. The summed E-state index contributed by atoms with van der Waals surface area (Å²) in [4.78, 5) is 36.7. The minimum atomic E-state index is -0.813. The van der Waals surface area contributed by atoms with Crippen LogP contribution in [0.4, 0.5) is 4.79 Å². The Hall–Kier alpha value is -2.77. The number of aliphatic hydroxyl groups is 1. The van der Waals surface area contributed by atoms with E-state index in [0.29, 0.717) is 44.6 Å². The molecule has 1 atom stereocenters. The highest BCUT2D eigenvalue weighted by Gasteiger charge is 2.57.